The summed E-state index contributed by atoms with van der Waals surface area (Å²) < 4.78 is 149. The topological polar surface area (TPSA) is 121 Å². The number of fused-ring (bicyclic) bond motifs is 1. The van der Waals surface area contributed by atoms with Gasteiger partial charge in [-0.1, -0.05) is 12.6 Å². The molecule has 2 heterocycles. The average molecular weight is 703 g/mol. The molecule has 0 radical (unpaired) electrons. The molecule has 20 heteroatoms. The van der Waals surface area contributed by atoms with Crippen LogP contribution in [0.25, 0.3) is 11.2 Å². The molecular weight excluding hydrogens is 677 g/mol. The van der Waals surface area contributed by atoms with Crippen molar-refractivity contribution in [1.82, 2.24) is 25.6 Å². The minimum atomic E-state index is -5.03. The number of imidazole rings is 1. The minimum absolute atomic E-state index is 0.0172. The molecule has 0 atom stereocenters. The first-order valence-electron chi connectivity index (χ1n) is 13.9. The van der Waals surface area contributed by atoms with Crippen molar-refractivity contribution in [2.24, 2.45) is 5.92 Å². The number of alkyl halides is 11. The normalized spacial score (nSPS) is 17.3. The van der Waals surface area contributed by atoms with Gasteiger partial charge in [-0.2, -0.15) is 44.5 Å². The van der Waals surface area contributed by atoms with Gasteiger partial charge >= 0.3 is 18.5 Å². The van der Waals surface area contributed by atoms with Crippen LogP contribution in [0.1, 0.15) is 47.2 Å². The highest BCUT2D eigenvalue weighted by Gasteiger charge is 2.42. The monoisotopic (exact) mass is 702 g/mol. The highest BCUT2D eigenvalue weighted by molar-refractivity contribution is 5.99. The number of aromatic nitrogens is 3. The Labute approximate surface area is 263 Å². The van der Waals surface area contributed by atoms with Crippen LogP contribution in [0.2, 0.25) is 0 Å². The molecule has 1 aliphatic rings. The van der Waals surface area contributed by atoms with E-state index >= 15 is 0 Å². The number of carbonyl (C=O) groups excluding carboxylic acids is 2. The van der Waals surface area contributed by atoms with Gasteiger partial charge in [0.05, 0.1) is 17.2 Å². The highest BCUT2D eigenvalue weighted by atomic mass is 19.4. The number of pyridine rings is 1. The number of halogens is 11. The Morgan fingerprint density at radius 1 is 0.979 bits per heavy atom. The summed E-state index contributed by atoms with van der Waals surface area (Å²) in [6.07, 6.45) is -17.9. The molecule has 4 N–H and O–H groups in total. The Morgan fingerprint density at radius 2 is 1.65 bits per heavy atom. The summed E-state index contributed by atoms with van der Waals surface area (Å²) in [6.45, 7) is 0.810. The maximum atomic E-state index is 13.8. The lowest BCUT2D eigenvalue weighted by atomic mass is 9.85. The summed E-state index contributed by atoms with van der Waals surface area (Å²) in [4.78, 5) is 35.3. The first-order chi connectivity index (χ1) is 22.2. The zero-order valence-corrected chi connectivity index (χ0v) is 24.3. The van der Waals surface area contributed by atoms with E-state index < -0.39 is 96.1 Å². The summed E-state index contributed by atoms with van der Waals surface area (Å²) >= 11 is 0. The van der Waals surface area contributed by atoms with Crippen molar-refractivity contribution in [1.29, 1.82) is 0 Å². The smallest absolute Gasteiger partial charge is 0.421 e. The molecule has 0 bridgehead atoms. The molecule has 4 rings (SSSR count). The van der Waals surface area contributed by atoms with E-state index in [1.807, 2.05) is 5.32 Å². The third-order valence-corrected chi connectivity index (χ3v) is 7.26. The molecule has 3 aromatic rings. The van der Waals surface area contributed by atoms with E-state index in [9.17, 15) is 57.9 Å². The predicted octanol–water partition coefficient (Wildman–Crippen LogP) is 6.95. The van der Waals surface area contributed by atoms with Gasteiger partial charge in [0, 0.05) is 12.6 Å². The van der Waals surface area contributed by atoms with Gasteiger partial charge in [-0.15, -0.1) is 0 Å². The van der Waals surface area contributed by atoms with Crippen LogP contribution in [-0.2, 0) is 17.5 Å². The summed E-state index contributed by atoms with van der Waals surface area (Å²) in [5, 5.41) is 6.78. The first kappa shape index (κ1) is 36.2. The van der Waals surface area contributed by atoms with E-state index in [1.165, 1.54) is 0 Å². The van der Waals surface area contributed by atoms with Gasteiger partial charge in [0.15, 0.2) is 12.3 Å². The largest absolute Gasteiger partial charge is 0.471 e. The Bertz CT molecular complexity index is 1660. The number of nitrogens with one attached hydrogen (secondary N) is 4. The minimum Gasteiger partial charge on any atom is -0.471 e. The lowest BCUT2D eigenvalue weighted by Gasteiger charge is -2.30. The number of nitrogens with zero attached hydrogens (tertiary/aromatic N) is 2. The number of ether oxygens (including phenoxy) is 1. The standard InChI is InChI=1S/C28H25F11N6O3/c1-12(26(31,32)33)22(46)40-10-13-2-7-17(28(37,38)39)18(8-13)42-25-43-19-9-16(24(44-21(19)45-25)48-11-20(29)30)23(47)41-15-5-3-14(4-6-15)27(34,35)36/h2,7-9,14-15,20H,1,3-6,10-11H2,(H,40,46)(H,41,47)(H2,42,43,44,45)/t14-,15-. The molecule has 48 heavy (non-hydrogen) atoms. The van der Waals surface area contributed by atoms with Crippen molar-refractivity contribution in [2.45, 2.75) is 63.2 Å². The van der Waals surface area contributed by atoms with Crippen LogP contribution in [-0.4, -0.2) is 58.2 Å². The molecule has 2 aromatic heterocycles. The Kier molecular flexibility index (Phi) is 10.4. The molecule has 0 aliphatic heterocycles. The number of rotatable bonds is 10. The number of anilines is 2. The third kappa shape index (κ3) is 9.03. The maximum Gasteiger partial charge on any atom is 0.421 e. The molecule has 1 aromatic carbocycles. The van der Waals surface area contributed by atoms with Gasteiger partial charge in [-0.05, 0) is 49.4 Å². The van der Waals surface area contributed by atoms with Gasteiger partial charge in [-0.3, -0.25) is 9.59 Å². The second kappa shape index (κ2) is 13.8. The zero-order valence-electron chi connectivity index (χ0n) is 24.3. The molecule has 0 unspecified atom stereocenters. The Balaban J connectivity index is 1.59. The van der Waals surface area contributed by atoms with Crippen molar-refractivity contribution < 1.29 is 62.6 Å². The molecule has 2 amide bonds. The van der Waals surface area contributed by atoms with Crippen molar-refractivity contribution >= 4 is 34.6 Å². The fraction of sp³-hybridized carbons (Fsp3) is 0.429. The van der Waals surface area contributed by atoms with Gasteiger partial charge in [-0.25, -0.2) is 13.8 Å². The zero-order chi connectivity index (χ0) is 35.6. The molecule has 0 saturated heterocycles. The average Bonchev–Trinajstić information content (AvgIpc) is 3.37. The second-order valence-electron chi connectivity index (χ2n) is 10.7. The van der Waals surface area contributed by atoms with E-state index in [4.69, 9.17) is 4.74 Å². The molecule has 1 aliphatic carbocycles. The van der Waals surface area contributed by atoms with Crippen LogP contribution in [0.3, 0.4) is 0 Å². The summed E-state index contributed by atoms with van der Waals surface area (Å²) in [7, 11) is 0. The Hall–Kier alpha value is -4.65. The third-order valence-electron chi connectivity index (χ3n) is 7.26. The number of amides is 2. The SMILES string of the molecule is C=C(C(=O)NCc1ccc(C(F)(F)F)c(Nc2nc3cc(C(=O)N[C@H]4CC[C@H](C(F)(F)F)CC4)c(OCC(F)F)nc3[nH]2)c1)C(F)(F)F. The van der Waals surface area contributed by atoms with Crippen LogP contribution >= 0.6 is 0 Å². The first-order valence-corrected chi connectivity index (χ1v) is 13.9. The molecule has 1 saturated carbocycles. The quantitative estimate of drug-likeness (QED) is 0.134. The number of hydrogen-bond donors (Lipinski definition) is 4. The number of benzene rings is 1. The van der Waals surface area contributed by atoms with Crippen molar-refractivity contribution in [2.75, 3.05) is 11.9 Å². The van der Waals surface area contributed by atoms with E-state index in [0.717, 1.165) is 18.2 Å². The summed E-state index contributed by atoms with van der Waals surface area (Å²) in [6, 6.07) is 2.74. The predicted molar refractivity (Wildman–Crippen MR) is 146 cm³/mol. The van der Waals surface area contributed by atoms with Crippen LogP contribution in [0.4, 0.5) is 59.9 Å². The Morgan fingerprint density at radius 3 is 2.23 bits per heavy atom. The van der Waals surface area contributed by atoms with Gasteiger partial charge in [0.2, 0.25) is 11.8 Å². The fourth-order valence-electron chi connectivity index (χ4n) is 4.82. The number of carbonyl (C=O) groups is 2. The fourth-order valence-corrected chi connectivity index (χ4v) is 4.82. The van der Waals surface area contributed by atoms with Crippen LogP contribution < -0.4 is 20.7 Å². The molecule has 9 nitrogen and oxygen atoms in total. The van der Waals surface area contributed by atoms with Crippen molar-refractivity contribution in [3.63, 3.8) is 0 Å². The van der Waals surface area contributed by atoms with Gasteiger partial charge in [0.1, 0.15) is 16.7 Å². The molecule has 262 valence electrons. The molecular formula is C28H25F11N6O3. The maximum absolute atomic E-state index is 13.8. The number of hydrogen-bond acceptors (Lipinski definition) is 6. The van der Waals surface area contributed by atoms with Crippen molar-refractivity contribution in [3.8, 4) is 5.88 Å². The van der Waals surface area contributed by atoms with E-state index in [1.54, 1.807) is 0 Å². The lowest BCUT2D eigenvalue weighted by molar-refractivity contribution is -0.182. The highest BCUT2D eigenvalue weighted by Crippen LogP contribution is 2.39. The molecule has 0 spiro atoms. The van der Waals surface area contributed by atoms with E-state index in [2.05, 4.69) is 32.2 Å². The van der Waals surface area contributed by atoms with E-state index in [0.29, 0.717) is 6.07 Å². The second-order valence-corrected chi connectivity index (χ2v) is 10.7. The number of H-pyrrole nitrogens is 1. The van der Waals surface area contributed by atoms with Crippen molar-refractivity contribution in [3.05, 3.63) is 53.1 Å². The summed E-state index contributed by atoms with van der Waals surface area (Å²) in [5.41, 5.74) is -4.50. The number of aromatic amines is 1. The van der Waals surface area contributed by atoms with Gasteiger partial charge in [0.25, 0.3) is 18.2 Å². The lowest BCUT2D eigenvalue weighted by Crippen LogP contribution is -2.40. The van der Waals surface area contributed by atoms with Crippen LogP contribution in [0.15, 0.2) is 36.4 Å². The van der Waals surface area contributed by atoms with E-state index in [-0.39, 0.29) is 42.4 Å². The summed E-state index contributed by atoms with van der Waals surface area (Å²) in [5.74, 6) is -5.08. The van der Waals surface area contributed by atoms with Crippen LogP contribution in [0, 0.1) is 5.92 Å². The van der Waals surface area contributed by atoms with Gasteiger partial charge < -0.3 is 25.7 Å². The van der Waals surface area contributed by atoms with Crippen LogP contribution in [0.5, 0.6) is 5.88 Å². The molecule has 1 fully saturated rings.